The molecule has 4 heteroatoms. The highest BCUT2D eigenvalue weighted by Gasteiger charge is 2.10. The first-order valence-corrected chi connectivity index (χ1v) is 5.68. The zero-order valence-corrected chi connectivity index (χ0v) is 10.5. The maximum atomic E-state index is 11.5. The number of aliphatic hydroxyl groups excluding tert-OH is 1. The van der Waals surface area contributed by atoms with Crippen molar-refractivity contribution in [2.45, 2.75) is 26.4 Å². The molecule has 1 N–H and O–H groups in total. The first-order chi connectivity index (χ1) is 8.04. The number of anilines is 1. The van der Waals surface area contributed by atoms with Crippen LogP contribution in [0.15, 0.2) is 24.3 Å². The average molecular weight is 237 g/mol. The fourth-order valence-corrected chi connectivity index (χ4v) is 1.43. The van der Waals surface area contributed by atoms with Gasteiger partial charge in [-0.3, -0.25) is 4.79 Å². The number of carbonyl (C=O) groups excluding carboxylic acids is 1. The molecule has 0 fully saturated rings. The van der Waals surface area contributed by atoms with Crippen molar-refractivity contribution in [3.63, 3.8) is 0 Å². The number of hydrogen-bond acceptors (Lipinski definition) is 3. The Bertz CT molecular complexity index is 359. The molecule has 1 aromatic rings. The van der Waals surface area contributed by atoms with E-state index in [2.05, 4.69) is 0 Å². The van der Waals surface area contributed by atoms with Crippen molar-refractivity contribution in [3.8, 4) is 5.75 Å². The summed E-state index contributed by atoms with van der Waals surface area (Å²) in [6, 6.07) is 7.32. The normalized spacial score (nSPS) is 10.4. The van der Waals surface area contributed by atoms with Crippen LogP contribution in [0.5, 0.6) is 5.75 Å². The molecule has 1 amide bonds. The summed E-state index contributed by atoms with van der Waals surface area (Å²) in [6.07, 6.45) is 0.274. The highest BCUT2D eigenvalue weighted by molar-refractivity contribution is 5.92. The molecule has 17 heavy (non-hydrogen) atoms. The summed E-state index contributed by atoms with van der Waals surface area (Å²) in [4.78, 5) is 13.1. The maximum Gasteiger partial charge on any atom is 0.229 e. The summed E-state index contributed by atoms with van der Waals surface area (Å²) in [6.45, 7) is 3.80. The number of amides is 1. The van der Waals surface area contributed by atoms with E-state index < -0.39 is 0 Å². The van der Waals surface area contributed by atoms with Gasteiger partial charge in [0.1, 0.15) is 5.75 Å². The molecule has 0 radical (unpaired) electrons. The molecule has 0 saturated carbocycles. The lowest BCUT2D eigenvalue weighted by Crippen LogP contribution is -2.26. The Morgan fingerprint density at radius 2 is 1.94 bits per heavy atom. The lowest BCUT2D eigenvalue weighted by atomic mass is 10.2. The zero-order valence-electron chi connectivity index (χ0n) is 10.5. The van der Waals surface area contributed by atoms with Gasteiger partial charge in [-0.25, -0.2) is 0 Å². The molecule has 0 spiro atoms. The minimum Gasteiger partial charge on any atom is -0.491 e. The number of rotatable bonds is 5. The second-order valence-electron chi connectivity index (χ2n) is 4.09. The van der Waals surface area contributed by atoms with Crippen LogP contribution in [0.3, 0.4) is 0 Å². The summed E-state index contributed by atoms with van der Waals surface area (Å²) in [5.41, 5.74) is 0.791. The van der Waals surface area contributed by atoms with Crippen molar-refractivity contribution in [2.75, 3.05) is 18.6 Å². The number of aliphatic hydroxyl groups is 1. The van der Waals surface area contributed by atoms with Crippen LogP contribution in [0.25, 0.3) is 0 Å². The third-order valence-electron chi connectivity index (χ3n) is 2.30. The minimum absolute atomic E-state index is 0.106. The Kier molecular flexibility index (Phi) is 4.97. The number of ether oxygens (including phenoxy) is 1. The van der Waals surface area contributed by atoms with Crippen LogP contribution in [-0.2, 0) is 4.79 Å². The summed E-state index contributed by atoms with van der Waals surface area (Å²) in [5, 5.41) is 8.71. The number of nitrogens with zero attached hydrogens (tertiary/aromatic N) is 1. The Balaban J connectivity index is 2.70. The molecule has 0 heterocycles. The first-order valence-electron chi connectivity index (χ1n) is 5.68. The molecule has 1 rings (SSSR count). The van der Waals surface area contributed by atoms with Crippen LogP contribution < -0.4 is 9.64 Å². The topological polar surface area (TPSA) is 49.8 Å². The largest absolute Gasteiger partial charge is 0.491 e. The van der Waals surface area contributed by atoms with Gasteiger partial charge in [0.05, 0.1) is 19.1 Å². The van der Waals surface area contributed by atoms with Crippen molar-refractivity contribution < 1.29 is 14.6 Å². The Morgan fingerprint density at radius 3 is 2.41 bits per heavy atom. The summed E-state index contributed by atoms with van der Waals surface area (Å²) in [7, 11) is 1.69. The number of carbonyl (C=O) groups is 1. The predicted octanol–water partition coefficient (Wildman–Crippen LogP) is 1.82. The van der Waals surface area contributed by atoms with Crippen LogP contribution in [0.2, 0.25) is 0 Å². The second kappa shape index (κ2) is 6.25. The van der Waals surface area contributed by atoms with E-state index >= 15 is 0 Å². The van der Waals surface area contributed by atoms with E-state index in [1.165, 1.54) is 4.90 Å². The Labute approximate surface area is 102 Å². The average Bonchev–Trinajstić information content (AvgIpc) is 2.28. The quantitative estimate of drug-likeness (QED) is 0.849. The van der Waals surface area contributed by atoms with Crippen molar-refractivity contribution >= 4 is 11.6 Å². The standard InChI is InChI=1S/C13H19NO3/c1-10(2)17-12-6-4-11(5-7-12)14(3)13(16)8-9-15/h4-7,10,15H,8-9H2,1-3H3. The maximum absolute atomic E-state index is 11.5. The molecule has 0 bridgehead atoms. The van der Waals surface area contributed by atoms with E-state index in [1.54, 1.807) is 7.05 Å². The third kappa shape index (κ3) is 4.07. The molecular formula is C13H19NO3. The van der Waals surface area contributed by atoms with Crippen molar-refractivity contribution in [1.29, 1.82) is 0 Å². The van der Waals surface area contributed by atoms with Gasteiger partial charge in [0.25, 0.3) is 0 Å². The molecule has 0 unspecified atom stereocenters. The smallest absolute Gasteiger partial charge is 0.229 e. The van der Waals surface area contributed by atoms with Gasteiger partial charge >= 0.3 is 0 Å². The fraction of sp³-hybridized carbons (Fsp3) is 0.462. The van der Waals surface area contributed by atoms with E-state index in [4.69, 9.17) is 9.84 Å². The van der Waals surface area contributed by atoms with E-state index in [-0.39, 0.29) is 25.0 Å². The predicted molar refractivity (Wildman–Crippen MR) is 67.3 cm³/mol. The van der Waals surface area contributed by atoms with Gasteiger partial charge in [0.15, 0.2) is 0 Å². The van der Waals surface area contributed by atoms with Gasteiger partial charge in [0.2, 0.25) is 5.91 Å². The summed E-state index contributed by atoms with van der Waals surface area (Å²) >= 11 is 0. The molecule has 0 aromatic heterocycles. The molecular weight excluding hydrogens is 218 g/mol. The van der Waals surface area contributed by atoms with Crippen molar-refractivity contribution in [1.82, 2.24) is 0 Å². The minimum atomic E-state index is -0.127. The monoisotopic (exact) mass is 237 g/mol. The number of benzene rings is 1. The molecule has 0 aliphatic heterocycles. The third-order valence-corrected chi connectivity index (χ3v) is 2.30. The highest BCUT2D eigenvalue weighted by atomic mass is 16.5. The fourth-order valence-electron chi connectivity index (χ4n) is 1.43. The summed E-state index contributed by atoms with van der Waals surface area (Å²) < 4.78 is 5.51. The molecule has 0 atom stereocenters. The van der Waals surface area contributed by atoms with Gasteiger partial charge in [-0.05, 0) is 38.1 Å². The molecule has 4 nitrogen and oxygen atoms in total. The zero-order chi connectivity index (χ0) is 12.8. The van der Waals surface area contributed by atoms with Gasteiger partial charge in [-0.2, -0.15) is 0 Å². The summed E-state index contributed by atoms with van der Waals surface area (Å²) in [5.74, 6) is 0.678. The second-order valence-corrected chi connectivity index (χ2v) is 4.09. The van der Waals surface area contributed by atoms with E-state index in [0.717, 1.165) is 11.4 Å². The van der Waals surface area contributed by atoms with Crippen molar-refractivity contribution in [3.05, 3.63) is 24.3 Å². The Morgan fingerprint density at radius 1 is 1.35 bits per heavy atom. The molecule has 0 saturated heterocycles. The van der Waals surface area contributed by atoms with Crippen LogP contribution in [0.1, 0.15) is 20.3 Å². The van der Waals surface area contributed by atoms with Crippen molar-refractivity contribution in [2.24, 2.45) is 0 Å². The van der Waals surface area contributed by atoms with Crippen LogP contribution in [-0.4, -0.2) is 30.8 Å². The molecule has 94 valence electrons. The van der Waals surface area contributed by atoms with Crippen LogP contribution in [0, 0.1) is 0 Å². The highest BCUT2D eigenvalue weighted by Crippen LogP contribution is 2.19. The van der Waals surface area contributed by atoms with E-state index in [9.17, 15) is 4.79 Å². The van der Waals surface area contributed by atoms with Crippen LogP contribution >= 0.6 is 0 Å². The van der Waals surface area contributed by atoms with Crippen LogP contribution in [0.4, 0.5) is 5.69 Å². The van der Waals surface area contributed by atoms with Gasteiger partial charge in [0, 0.05) is 12.7 Å². The molecule has 0 aliphatic rings. The van der Waals surface area contributed by atoms with Gasteiger partial charge in [-0.15, -0.1) is 0 Å². The SMILES string of the molecule is CC(C)Oc1ccc(N(C)C(=O)CCO)cc1. The first kappa shape index (κ1) is 13.5. The molecule has 0 aliphatic carbocycles. The van der Waals surface area contributed by atoms with E-state index in [1.807, 2.05) is 38.1 Å². The lowest BCUT2D eigenvalue weighted by Gasteiger charge is -2.17. The van der Waals surface area contributed by atoms with Gasteiger partial charge in [-0.1, -0.05) is 0 Å². The number of hydrogen-bond donors (Lipinski definition) is 1. The van der Waals surface area contributed by atoms with Gasteiger partial charge < -0.3 is 14.7 Å². The molecule has 1 aromatic carbocycles. The lowest BCUT2D eigenvalue weighted by molar-refractivity contribution is -0.118. The Hall–Kier alpha value is -1.55. The van der Waals surface area contributed by atoms with E-state index in [0.29, 0.717) is 0 Å².